The highest BCUT2D eigenvalue weighted by atomic mass is 32.2. The first-order valence-corrected chi connectivity index (χ1v) is 10.6. The zero-order chi connectivity index (χ0) is 21.6. The smallest absolute Gasteiger partial charge is 0.309 e. The van der Waals surface area contributed by atoms with Crippen LogP contribution in [-0.4, -0.2) is 56.8 Å². The summed E-state index contributed by atoms with van der Waals surface area (Å²) >= 11 is 0. The average molecular weight is 434 g/mol. The molecule has 4 rings (SSSR count). The topological polar surface area (TPSA) is 126 Å². The molecule has 1 saturated heterocycles. The van der Waals surface area contributed by atoms with E-state index < -0.39 is 27.9 Å². The summed E-state index contributed by atoms with van der Waals surface area (Å²) in [6.07, 6.45) is 0.738. The summed E-state index contributed by atoms with van der Waals surface area (Å²) in [4.78, 5) is 15.0. The van der Waals surface area contributed by atoms with Gasteiger partial charge in [0.05, 0.1) is 29.9 Å². The minimum Gasteiger partial charge on any atom is -0.506 e. The van der Waals surface area contributed by atoms with Crippen LogP contribution in [0.4, 0.5) is 4.39 Å². The quantitative estimate of drug-likeness (QED) is 0.627. The van der Waals surface area contributed by atoms with Crippen molar-refractivity contribution in [2.24, 2.45) is 5.92 Å². The molecule has 9 nitrogen and oxygen atoms in total. The van der Waals surface area contributed by atoms with Crippen LogP contribution in [0.5, 0.6) is 5.75 Å². The van der Waals surface area contributed by atoms with Crippen molar-refractivity contribution < 1.29 is 27.8 Å². The van der Waals surface area contributed by atoms with E-state index in [0.717, 1.165) is 6.20 Å². The summed E-state index contributed by atoms with van der Waals surface area (Å²) in [7, 11) is -3.90. The molecule has 0 saturated carbocycles. The van der Waals surface area contributed by atoms with Crippen LogP contribution < -0.4 is 0 Å². The van der Waals surface area contributed by atoms with Crippen molar-refractivity contribution in [3.8, 4) is 5.75 Å². The molecule has 3 heterocycles. The number of aromatic hydroxyl groups is 1. The van der Waals surface area contributed by atoms with E-state index in [2.05, 4.69) is 10.1 Å². The number of halogens is 1. The van der Waals surface area contributed by atoms with Gasteiger partial charge in [-0.05, 0) is 36.2 Å². The van der Waals surface area contributed by atoms with Crippen LogP contribution in [0.15, 0.2) is 41.6 Å². The summed E-state index contributed by atoms with van der Waals surface area (Å²) < 4.78 is 42.6. The lowest BCUT2D eigenvalue weighted by Gasteiger charge is -2.17. The molecule has 0 unspecified atom stereocenters. The van der Waals surface area contributed by atoms with Crippen molar-refractivity contribution in [3.05, 3.63) is 48.0 Å². The Hall–Kier alpha value is -3.05. The number of sulfonamides is 1. The van der Waals surface area contributed by atoms with E-state index in [1.165, 1.54) is 39.3 Å². The van der Waals surface area contributed by atoms with Gasteiger partial charge in [-0.1, -0.05) is 6.92 Å². The third-order valence-corrected chi connectivity index (χ3v) is 6.99. The number of aliphatic carboxylic acids is 1. The number of hydrogen-bond acceptors (Lipinski definition) is 6. The Bertz CT molecular complexity index is 1230. The van der Waals surface area contributed by atoms with Crippen molar-refractivity contribution >= 4 is 26.9 Å². The molecule has 2 aromatic heterocycles. The van der Waals surface area contributed by atoms with E-state index in [9.17, 15) is 22.7 Å². The van der Waals surface area contributed by atoms with Crippen LogP contribution in [0.1, 0.15) is 18.7 Å². The van der Waals surface area contributed by atoms with Gasteiger partial charge in [-0.15, -0.1) is 0 Å². The summed E-state index contributed by atoms with van der Waals surface area (Å²) in [5, 5.41) is 23.3. The molecular weight excluding hydrogens is 415 g/mol. The van der Waals surface area contributed by atoms with Crippen LogP contribution in [0.25, 0.3) is 10.9 Å². The second-order valence-electron chi connectivity index (χ2n) is 7.34. The first-order chi connectivity index (χ1) is 14.2. The Balaban J connectivity index is 1.72. The molecule has 158 valence electrons. The number of hydrogen-bond donors (Lipinski definition) is 2. The molecule has 1 aromatic carbocycles. The molecule has 0 amide bonds. The van der Waals surface area contributed by atoms with Gasteiger partial charge in [0.25, 0.3) is 10.0 Å². The lowest BCUT2D eigenvalue weighted by molar-refractivity contribution is -0.136. The first-order valence-electron chi connectivity index (χ1n) is 9.20. The molecule has 1 fully saturated rings. The van der Waals surface area contributed by atoms with Gasteiger partial charge in [0, 0.05) is 18.5 Å². The maximum absolute atomic E-state index is 13.9. The molecule has 2 N–H and O–H groups in total. The molecule has 11 heteroatoms. The number of fused-ring (bicyclic) bond motifs is 1. The molecule has 0 bridgehead atoms. The molecule has 0 spiro atoms. The minimum atomic E-state index is -3.90. The SMILES string of the molecule is C[C@@H]1CN(S(=O)(=O)c2ccc(O)cn2)C[C@@H]1n1nc(CC(=O)O)c2ccc(F)cc21. The second kappa shape index (κ2) is 7.33. The van der Waals surface area contributed by atoms with Gasteiger partial charge in [0.2, 0.25) is 0 Å². The molecule has 2 atom stereocenters. The van der Waals surface area contributed by atoms with Crippen LogP contribution in [0.2, 0.25) is 0 Å². The van der Waals surface area contributed by atoms with Gasteiger partial charge in [-0.25, -0.2) is 17.8 Å². The third-order valence-electron chi connectivity index (χ3n) is 5.24. The summed E-state index contributed by atoms with van der Waals surface area (Å²) in [5.74, 6) is -1.86. The van der Waals surface area contributed by atoms with Gasteiger partial charge in [-0.2, -0.15) is 9.40 Å². The van der Waals surface area contributed by atoms with E-state index in [4.69, 9.17) is 5.11 Å². The predicted octanol–water partition coefficient (Wildman–Crippen LogP) is 1.78. The maximum atomic E-state index is 13.9. The van der Waals surface area contributed by atoms with E-state index in [1.807, 2.05) is 6.92 Å². The first kappa shape index (κ1) is 20.2. The highest BCUT2D eigenvalue weighted by Crippen LogP contribution is 2.34. The second-order valence-corrected chi connectivity index (χ2v) is 9.23. The Morgan fingerprint density at radius 1 is 1.27 bits per heavy atom. The highest BCUT2D eigenvalue weighted by molar-refractivity contribution is 7.89. The van der Waals surface area contributed by atoms with Gasteiger partial charge in [0.15, 0.2) is 5.03 Å². The molecule has 0 radical (unpaired) electrons. The minimum absolute atomic E-state index is 0.0753. The number of nitrogens with zero attached hydrogens (tertiary/aromatic N) is 4. The van der Waals surface area contributed by atoms with Gasteiger partial charge in [0.1, 0.15) is 11.6 Å². The molecule has 30 heavy (non-hydrogen) atoms. The van der Waals surface area contributed by atoms with Gasteiger partial charge in [-0.3, -0.25) is 9.48 Å². The fourth-order valence-corrected chi connectivity index (χ4v) is 5.25. The van der Waals surface area contributed by atoms with Crippen molar-refractivity contribution in [1.29, 1.82) is 0 Å². The van der Waals surface area contributed by atoms with Gasteiger partial charge >= 0.3 is 5.97 Å². The van der Waals surface area contributed by atoms with Crippen LogP contribution in [-0.2, 0) is 21.2 Å². The molecule has 0 aliphatic carbocycles. The molecular formula is C19H19FN4O5S. The number of carboxylic acids is 1. The van der Waals surface area contributed by atoms with Crippen LogP contribution in [0, 0.1) is 11.7 Å². The highest BCUT2D eigenvalue weighted by Gasteiger charge is 2.40. The van der Waals surface area contributed by atoms with E-state index >= 15 is 0 Å². The van der Waals surface area contributed by atoms with Crippen molar-refractivity contribution in [3.63, 3.8) is 0 Å². The maximum Gasteiger partial charge on any atom is 0.309 e. The number of aromatic nitrogens is 3. The Morgan fingerprint density at radius 2 is 2.03 bits per heavy atom. The Kier molecular flexibility index (Phi) is 4.94. The number of pyridine rings is 1. The standard InChI is InChI=1S/C19H19FN4O5S/c1-11-9-23(30(28,29)18-5-3-13(25)8-21-18)10-17(11)24-16-6-12(20)2-4-14(16)15(22-24)7-19(26)27/h2-6,8,11,17,25H,7,9-10H2,1H3,(H,26,27)/t11-,17+/m1/s1. The summed E-state index contributed by atoms with van der Waals surface area (Å²) in [6.45, 7) is 2.13. The van der Waals surface area contributed by atoms with Crippen molar-refractivity contribution in [2.75, 3.05) is 13.1 Å². The number of carboxylic acid groups (broad SMARTS) is 1. The monoisotopic (exact) mass is 434 g/mol. The Morgan fingerprint density at radius 3 is 2.70 bits per heavy atom. The van der Waals surface area contributed by atoms with Crippen LogP contribution in [0.3, 0.4) is 0 Å². The van der Waals surface area contributed by atoms with E-state index in [-0.39, 0.29) is 36.2 Å². The zero-order valence-electron chi connectivity index (χ0n) is 15.9. The van der Waals surface area contributed by atoms with Crippen molar-refractivity contribution in [2.45, 2.75) is 24.4 Å². The number of rotatable bonds is 5. The van der Waals surface area contributed by atoms with Crippen LogP contribution >= 0.6 is 0 Å². The Labute approximate surface area is 171 Å². The summed E-state index contributed by atoms with van der Waals surface area (Å²) in [6, 6.07) is 6.07. The fraction of sp³-hybridized carbons (Fsp3) is 0.316. The molecule has 1 aliphatic heterocycles. The summed E-state index contributed by atoms with van der Waals surface area (Å²) in [5.41, 5.74) is 0.719. The van der Waals surface area contributed by atoms with E-state index in [1.54, 1.807) is 0 Å². The molecule has 3 aromatic rings. The largest absolute Gasteiger partial charge is 0.506 e. The van der Waals surface area contributed by atoms with E-state index in [0.29, 0.717) is 16.6 Å². The fourth-order valence-electron chi connectivity index (χ4n) is 3.78. The lowest BCUT2D eigenvalue weighted by atomic mass is 10.1. The number of benzene rings is 1. The zero-order valence-corrected chi connectivity index (χ0v) is 16.8. The molecule has 1 aliphatic rings. The predicted molar refractivity (Wildman–Crippen MR) is 104 cm³/mol. The number of carbonyl (C=O) groups is 1. The lowest BCUT2D eigenvalue weighted by Crippen LogP contribution is -2.30. The third kappa shape index (κ3) is 3.50. The average Bonchev–Trinajstić information content (AvgIpc) is 3.22. The van der Waals surface area contributed by atoms with Gasteiger partial charge < -0.3 is 10.2 Å². The van der Waals surface area contributed by atoms with Crippen molar-refractivity contribution in [1.82, 2.24) is 19.1 Å². The normalized spacial score (nSPS) is 20.1.